The van der Waals surface area contributed by atoms with Gasteiger partial charge in [0.05, 0.1) is 17.6 Å². The third-order valence-corrected chi connectivity index (χ3v) is 5.24. The van der Waals surface area contributed by atoms with Crippen LogP contribution in [0, 0.1) is 6.92 Å². The Morgan fingerprint density at radius 3 is 2.21 bits per heavy atom. The largest absolute Gasteiger partial charge is 0.491 e. The number of sulfonamides is 1. The fraction of sp³-hybridized carbons (Fsp3) is 0.400. The van der Waals surface area contributed by atoms with E-state index >= 15 is 0 Å². The van der Waals surface area contributed by atoms with Crippen LogP contribution in [0.3, 0.4) is 0 Å². The van der Waals surface area contributed by atoms with Crippen LogP contribution in [0.25, 0.3) is 0 Å². The Morgan fingerprint density at radius 2 is 1.66 bits per heavy atom. The fourth-order valence-electron chi connectivity index (χ4n) is 2.47. The van der Waals surface area contributed by atoms with Crippen molar-refractivity contribution in [2.45, 2.75) is 51.1 Å². The van der Waals surface area contributed by atoms with Gasteiger partial charge in [0.15, 0.2) is 0 Å². The van der Waals surface area contributed by atoms with Crippen molar-refractivity contribution in [2.75, 3.05) is 6.61 Å². The summed E-state index contributed by atoms with van der Waals surface area (Å²) in [6, 6.07) is 11.1. The molecule has 5 nitrogen and oxygen atoms in total. The lowest BCUT2D eigenvalue weighted by Crippen LogP contribution is -2.23. The maximum Gasteiger partial charge on any atom is 0.411 e. The Kier molecular flexibility index (Phi) is 7.67. The van der Waals surface area contributed by atoms with Crippen LogP contribution in [-0.2, 0) is 27.9 Å². The van der Waals surface area contributed by atoms with Crippen LogP contribution >= 0.6 is 0 Å². The molecular formula is C20H24F3NO4S. The molecule has 0 spiro atoms. The summed E-state index contributed by atoms with van der Waals surface area (Å²) in [5.74, 6) is 0.627. The third kappa shape index (κ3) is 7.68. The van der Waals surface area contributed by atoms with Crippen LogP contribution < -0.4 is 9.46 Å². The van der Waals surface area contributed by atoms with Crippen molar-refractivity contribution in [2.24, 2.45) is 0 Å². The van der Waals surface area contributed by atoms with E-state index in [0.717, 1.165) is 0 Å². The number of benzene rings is 2. The van der Waals surface area contributed by atoms with Gasteiger partial charge >= 0.3 is 6.18 Å². The average Bonchev–Trinajstić information content (AvgIpc) is 2.61. The molecule has 0 heterocycles. The van der Waals surface area contributed by atoms with Gasteiger partial charge in [-0.25, -0.2) is 13.1 Å². The van der Waals surface area contributed by atoms with E-state index in [2.05, 4.69) is 9.46 Å². The van der Waals surface area contributed by atoms with Gasteiger partial charge in [-0.2, -0.15) is 13.2 Å². The molecule has 0 radical (unpaired) electrons. The Balaban J connectivity index is 1.95. The maximum atomic E-state index is 12.5. The van der Waals surface area contributed by atoms with Crippen LogP contribution in [0.1, 0.15) is 30.5 Å². The third-order valence-electron chi connectivity index (χ3n) is 3.84. The Bertz CT molecular complexity index is 910. The van der Waals surface area contributed by atoms with Crippen molar-refractivity contribution in [1.82, 2.24) is 4.72 Å². The highest BCUT2D eigenvalue weighted by molar-refractivity contribution is 7.89. The summed E-state index contributed by atoms with van der Waals surface area (Å²) >= 11 is 0. The van der Waals surface area contributed by atoms with Crippen LogP contribution in [0.15, 0.2) is 47.4 Å². The molecule has 0 saturated carbocycles. The molecule has 0 aromatic heterocycles. The summed E-state index contributed by atoms with van der Waals surface area (Å²) in [6.07, 6.45) is -4.38. The summed E-state index contributed by atoms with van der Waals surface area (Å²) in [4.78, 5) is 0.128. The van der Waals surface area contributed by atoms with Crippen molar-refractivity contribution in [1.29, 1.82) is 0 Å². The van der Waals surface area contributed by atoms with Crippen LogP contribution in [0.2, 0.25) is 0 Å². The molecule has 2 rings (SSSR count). The molecule has 0 bridgehead atoms. The van der Waals surface area contributed by atoms with Crippen LogP contribution in [-0.4, -0.2) is 27.3 Å². The molecule has 0 aliphatic carbocycles. The zero-order valence-electron chi connectivity index (χ0n) is 16.4. The maximum absolute atomic E-state index is 12.5. The topological polar surface area (TPSA) is 64.6 Å². The molecule has 0 fully saturated rings. The minimum Gasteiger partial charge on any atom is -0.491 e. The van der Waals surface area contributed by atoms with E-state index in [9.17, 15) is 21.6 Å². The van der Waals surface area contributed by atoms with Crippen molar-refractivity contribution >= 4 is 10.0 Å². The molecule has 2 aromatic rings. The number of hydrogen-bond donors (Lipinski definition) is 1. The number of nitrogens with one attached hydrogen (secondary N) is 1. The number of alkyl halides is 3. The second kappa shape index (κ2) is 9.60. The first-order chi connectivity index (χ1) is 13.5. The lowest BCUT2D eigenvalue weighted by Gasteiger charge is -2.14. The van der Waals surface area contributed by atoms with Gasteiger partial charge in [0, 0.05) is 6.54 Å². The number of halogens is 3. The van der Waals surface area contributed by atoms with E-state index in [4.69, 9.17) is 4.74 Å². The lowest BCUT2D eigenvalue weighted by atomic mass is 10.1. The van der Waals surface area contributed by atoms with Crippen molar-refractivity contribution in [3.05, 3.63) is 59.2 Å². The molecule has 29 heavy (non-hydrogen) atoms. The predicted octanol–water partition coefficient (Wildman–Crippen LogP) is 4.34. The molecule has 0 aliphatic rings. The second-order valence-electron chi connectivity index (χ2n) is 6.84. The molecule has 9 heteroatoms. The van der Waals surface area contributed by atoms with E-state index < -0.39 is 22.8 Å². The monoisotopic (exact) mass is 431 g/mol. The van der Waals surface area contributed by atoms with Gasteiger partial charge in [-0.3, -0.25) is 0 Å². The fourth-order valence-corrected chi connectivity index (χ4v) is 3.58. The molecule has 0 amide bonds. The summed E-state index contributed by atoms with van der Waals surface area (Å²) in [6.45, 7) is 4.12. The molecule has 160 valence electrons. The molecule has 0 atom stereocenters. The zero-order valence-corrected chi connectivity index (χ0v) is 17.2. The second-order valence-corrected chi connectivity index (χ2v) is 8.61. The molecule has 0 aliphatic heterocycles. The first kappa shape index (κ1) is 23.2. The van der Waals surface area contributed by atoms with Crippen LogP contribution in [0.5, 0.6) is 5.75 Å². The van der Waals surface area contributed by atoms with E-state index in [1.165, 1.54) is 6.07 Å². The molecule has 0 saturated heterocycles. The molecule has 0 unspecified atom stereocenters. The minimum absolute atomic E-state index is 0.0175. The average molecular weight is 431 g/mol. The first-order valence-corrected chi connectivity index (χ1v) is 10.4. The van der Waals surface area contributed by atoms with E-state index in [0.29, 0.717) is 22.4 Å². The van der Waals surface area contributed by atoms with Gasteiger partial charge in [-0.1, -0.05) is 24.3 Å². The number of aryl methyl sites for hydroxylation is 1. The van der Waals surface area contributed by atoms with Gasteiger partial charge < -0.3 is 9.47 Å². The van der Waals surface area contributed by atoms with E-state index in [1.54, 1.807) is 43.3 Å². The normalized spacial score (nSPS) is 12.4. The predicted molar refractivity (Wildman–Crippen MR) is 103 cm³/mol. The van der Waals surface area contributed by atoms with Gasteiger partial charge in [-0.15, -0.1) is 0 Å². The lowest BCUT2D eigenvalue weighted by molar-refractivity contribution is -0.176. The Hall–Kier alpha value is -2.10. The Labute approximate surface area is 168 Å². The number of ether oxygens (including phenoxy) is 2. The minimum atomic E-state index is -4.37. The van der Waals surface area contributed by atoms with Crippen molar-refractivity contribution in [3.63, 3.8) is 0 Å². The van der Waals surface area contributed by atoms with Crippen LogP contribution in [0.4, 0.5) is 13.2 Å². The van der Waals surface area contributed by atoms with Gasteiger partial charge in [0.1, 0.15) is 12.4 Å². The summed E-state index contributed by atoms with van der Waals surface area (Å²) in [7, 11) is -3.72. The van der Waals surface area contributed by atoms with E-state index in [-0.39, 0.29) is 24.2 Å². The summed E-state index contributed by atoms with van der Waals surface area (Å²) in [5.41, 5.74) is 1.95. The van der Waals surface area contributed by atoms with Gasteiger partial charge in [0.25, 0.3) is 0 Å². The van der Waals surface area contributed by atoms with E-state index in [1.807, 2.05) is 13.8 Å². The highest BCUT2D eigenvalue weighted by atomic mass is 32.2. The Morgan fingerprint density at radius 1 is 1.03 bits per heavy atom. The standard InChI is InChI=1S/C20H24F3NO4S/c1-14(2)28-19-9-8-18(10-15(19)3)29(25,26)24-11-16-4-6-17(7-5-16)12-27-13-20(21,22)23/h4-10,14,24H,11-13H2,1-3H3. The molecule has 2 aromatic carbocycles. The highest BCUT2D eigenvalue weighted by Crippen LogP contribution is 2.23. The first-order valence-electron chi connectivity index (χ1n) is 8.95. The smallest absolute Gasteiger partial charge is 0.411 e. The summed E-state index contributed by atoms with van der Waals surface area (Å²) < 4.78 is 74.0. The number of hydrogen-bond acceptors (Lipinski definition) is 4. The van der Waals surface area contributed by atoms with Crippen molar-refractivity contribution in [3.8, 4) is 5.75 Å². The highest BCUT2D eigenvalue weighted by Gasteiger charge is 2.27. The summed E-state index contributed by atoms with van der Waals surface area (Å²) in [5, 5.41) is 0. The van der Waals surface area contributed by atoms with Crippen molar-refractivity contribution < 1.29 is 31.1 Å². The molecule has 1 N–H and O–H groups in total. The molecular weight excluding hydrogens is 407 g/mol. The number of rotatable bonds is 9. The van der Waals surface area contributed by atoms with Gasteiger partial charge in [-0.05, 0) is 55.7 Å². The zero-order chi connectivity index (χ0) is 21.7. The SMILES string of the molecule is Cc1cc(S(=O)(=O)NCc2ccc(COCC(F)(F)F)cc2)ccc1OC(C)C. The van der Waals surface area contributed by atoms with Gasteiger partial charge in [0.2, 0.25) is 10.0 Å². The quantitative estimate of drug-likeness (QED) is 0.642.